The first-order chi connectivity index (χ1) is 24.0. The first kappa shape index (κ1) is 33.9. The summed E-state index contributed by atoms with van der Waals surface area (Å²) in [5.74, 6) is -1.16. The number of benzene rings is 3. The van der Waals surface area contributed by atoms with E-state index in [1.807, 2.05) is 80.8 Å². The van der Waals surface area contributed by atoms with Crippen molar-refractivity contribution in [3.8, 4) is 0 Å². The van der Waals surface area contributed by atoms with Crippen molar-refractivity contribution in [3.05, 3.63) is 108 Å². The molecule has 1 aromatic heterocycles. The molecule has 3 aromatic carbocycles. The van der Waals surface area contributed by atoms with E-state index in [2.05, 4.69) is 16.9 Å². The van der Waals surface area contributed by atoms with E-state index in [9.17, 15) is 24.3 Å². The van der Waals surface area contributed by atoms with Crippen LogP contribution < -0.4 is 10.2 Å². The van der Waals surface area contributed by atoms with Gasteiger partial charge in [-0.3, -0.25) is 14.4 Å². The second-order valence-electron chi connectivity index (χ2n) is 14.4. The molecular weight excluding hydrogens is 649 g/mol. The number of fused-ring (bicyclic) bond motifs is 4. The van der Waals surface area contributed by atoms with E-state index in [1.165, 1.54) is 0 Å². The lowest BCUT2D eigenvalue weighted by Gasteiger charge is -2.37. The lowest BCUT2D eigenvalue weighted by molar-refractivity contribution is -0.150. The summed E-state index contributed by atoms with van der Waals surface area (Å²) < 4.78 is 6.89. The van der Waals surface area contributed by atoms with Crippen molar-refractivity contribution >= 4 is 48.3 Å². The maximum atomic E-state index is 14.6. The first-order valence-electron chi connectivity index (χ1n) is 17.3. The molecule has 10 nitrogen and oxygen atoms in total. The third kappa shape index (κ3) is 5.68. The molecule has 260 valence electrons. The Hall–Kier alpha value is -4.55. The number of nitrogens with zero attached hydrogens (tertiary/aromatic N) is 2. The standard InChI is InChI=1S/C39H44N4O6Si/c1-5-16-42-33-15-14-28(41-35(45)18-27-21-40-32-13-9-8-12-30(27)32)19-31(33)39(38(42)47)24(2)37(50(3,4)48)34(49-39)20-36(46)43-22-26-11-7-6-10-25(26)17-29(43)23-44/h5-15,19,21,24,29,34,37,40,44,48H,1,16-18,20,22-23H2,2-4H3,(H,41,45)/t24-,29-,34+,37-,39+/m0/s1. The molecular formula is C39H44N4O6Si. The summed E-state index contributed by atoms with van der Waals surface area (Å²) in [6.07, 6.45) is 3.41. The van der Waals surface area contributed by atoms with Gasteiger partial charge >= 0.3 is 0 Å². The topological polar surface area (TPSA) is 135 Å². The Balaban J connectivity index is 1.20. The van der Waals surface area contributed by atoms with Crippen molar-refractivity contribution in [2.45, 2.75) is 69.1 Å². The number of rotatable bonds is 9. The molecule has 50 heavy (non-hydrogen) atoms. The molecule has 4 aromatic rings. The van der Waals surface area contributed by atoms with E-state index in [0.717, 1.165) is 27.6 Å². The molecule has 7 rings (SSSR count). The van der Waals surface area contributed by atoms with Crippen molar-refractivity contribution in [1.82, 2.24) is 9.88 Å². The van der Waals surface area contributed by atoms with Crippen LogP contribution in [0.3, 0.4) is 0 Å². The average Bonchev–Trinajstić information content (AvgIpc) is 3.70. The number of aliphatic hydroxyl groups excluding tert-OH is 1. The van der Waals surface area contributed by atoms with Gasteiger partial charge < -0.3 is 34.7 Å². The molecule has 5 atom stereocenters. The molecule has 0 bridgehead atoms. The molecule has 4 heterocycles. The van der Waals surface area contributed by atoms with Crippen LogP contribution in [0.15, 0.2) is 85.6 Å². The fourth-order valence-electron chi connectivity index (χ4n) is 8.65. The van der Waals surface area contributed by atoms with Gasteiger partial charge in [-0.1, -0.05) is 55.5 Å². The van der Waals surface area contributed by atoms with Crippen LogP contribution in [0.5, 0.6) is 0 Å². The predicted molar refractivity (Wildman–Crippen MR) is 195 cm³/mol. The maximum absolute atomic E-state index is 14.6. The van der Waals surface area contributed by atoms with E-state index in [4.69, 9.17) is 4.74 Å². The number of carbonyl (C=O) groups is 3. The monoisotopic (exact) mass is 692 g/mol. The van der Waals surface area contributed by atoms with Gasteiger partial charge in [0.05, 0.1) is 37.3 Å². The summed E-state index contributed by atoms with van der Waals surface area (Å²) in [4.78, 5) is 60.3. The maximum Gasteiger partial charge on any atom is 0.264 e. The van der Waals surface area contributed by atoms with E-state index >= 15 is 0 Å². The minimum atomic E-state index is -3.04. The number of aliphatic hydroxyl groups is 1. The number of anilines is 2. The summed E-state index contributed by atoms with van der Waals surface area (Å²) >= 11 is 0. The first-order valence-corrected chi connectivity index (χ1v) is 20.3. The van der Waals surface area contributed by atoms with Gasteiger partial charge in [0.2, 0.25) is 11.8 Å². The number of hydrogen-bond acceptors (Lipinski definition) is 6. The van der Waals surface area contributed by atoms with Crippen LogP contribution >= 0.6 is 0 Å². The van der Waals surface area contributed by atoms with E-state index in [-0.39, 0.29) is 49.8 Å². The highest BCUT2D eigenvalue weighted by Gasteiger charge is 2.66. The molecule has 11 heteroatoms. The summed E-state index contributed by atoms with van der Waals surface area (Å²) in [6, 6.07) is 20.8. The Bertz CT molecular complexity index is 1990. The third-order valence-corrected chi connectivity index (χ3v) is 13.4. The van der Waals surface area contributed by atoms with E-state index in [0.29, 0.717) is 29.9 Å². The largest absolute Gasteiger partial charge is 0.432 e. The van der Waals surface area contributed by atoms with Gasteiger partial charge in [0.25, 0.3) is 5.91 Å². The molecule has 4 N–H and O–H groups in total. The quantitative estimate of drug-likeness (QED) is 0.144. The Labute approximate surface area is 292 Å². The average molecular weight is 693 g/mol. The van der Waals surface area contributed by atoms with Gasteiger partial charge in [-0.05, 0) is 60.5 Å². The van der Waals surface area contributed by atoms with E-state index < -0.39 is 31.5 Å². The number of para-hydroxylation sites is 1. The molecule has 0 radical (unpaired) electrons. The van der Waals surface area contributed by atoms with E-state index in [1.54, 1.807) is 28.0 Å². The number of hydrogen-bond donors (Lipinski definition) is 4. The molecule has 1 spiro atoms. The zero-order chi connectivity index (χ0) is 35.4. The smallest absolute Gasteiger partial charge is 0.264 e. The zero-order valence-corrected chi connectivity index (χ0v) is 29.7. The summed E-state index contributed by atoms with van der Waals surface area (Å²) in [6.45, 7) is 9.89. The van der Waals surface area contributed by atoms with Crippen molar-refractivity contribution in [3.63, 3.8) is 0 Å². The number of amides is 3. The minimum Gasteiger partial charge on any atom is -0.432 e. The fourth-order valence-corrected chi connectivity index (χ4v) is 11.2. The van der Waals surface area contributed by atoms with Crippen LogP contribution in [-0.2, 0) is 44.1 Å². The Kier molecular flexibility index (Phi) is 8.80. The molecule has 3 aliphatic rings. The van der Waals surface area contributed by atoms with Gasteiger partial charge in [-0.2, -0.15) is 0 Å². The molecule has 0 unspecified atom stereocenters. The molecule has 1 fully saturated rings. The number of ether oxygens (including phenoxy) is 1. The second kappa shape index (κ2) is 13.0. The van der Waals surface area contributed by atoms with Gasteiger partial charge in [0.15, 0.2) is 13.9 Å². The zero-order valence-electron chi connectivity index (χ0n) is 28.7. The Morgan fingerprint density at radius 1 is 1.12 bits per heavy atom. The number of carbonyl (C=O) groups excluding carboxylic acids is 3. The predicted octanol–water partition coefficient (Wildman–Crippen LogP) is 5.02. The molecule has 3 aliphatic heterocycles. The minimum absolute atomic E-state index is 0.0441. The SMILES string of the molecule is C=CCN1C(=O)[C@]2(O[C@H](CC(=O)N3Cc4ccccc4C[C@H]3CO)[C@@H]([Si](C)(C)O)[C@@H]2C)c2cc(NC(=O)Cc3c[nH]c4ccccc34)ccc21. The Morgan fingerprint density at radius 2 is 1.86 bits per heavy atom. The van der Waals surface area contributed by atoms with Crippen LogP contribution in [0.4, 0.5) is 11.4 Å². The molecule has 3 amide bonds. The van der Waals surface area contributed by atoms with Crippen molar-refractivity contribution in [1.29, 1.82) is 0 Å². The highest BCUT2D eigenvalue weighted by atomic mass is 28.4. The van der Waals surface area contributed by atoms with Gasteiger partial charge in [0.1, 0.15) is 0 Å². The third-order valence-electron chi connectivity index (χ3n) is 10.9. The van der Waals surface area contributed by atoms with Crippen molar-refractivity contribution < 1.29 is 29.0 Å². The van der Waals surface area contributed by atoms with Crippen molar-refractivity contribution in [2.24, 2.45) is 5.92 Å². The molecule has 1 saturated heterocycles. The van der Waals surface area contributed by atoms with Crippen LogP contribution in [0.25, 0.3) is 10.9 Å². The van der Waals surface area contributed by atoms with Gasteiger partial charge in [0, 0.05) is 52.9 Å². The highest BCUT2D eigenvalue weighted by Crippen LogP contribution is 2.60. The summed E-state index contributed by atoms with van der Waals surface area (Å²) in [5, 5.41) is 14.3. The summed E-state index contributed by atoms with van der Waals surface area (Å²) in [5.41, 5.74) is 3.80. The van der Waals surface area contributed by atoms with Crippen molar-refractivity contribution in [2.75, 3.05) is 23.4 Å². The normalized spacial score (nSPS) is 24.5. The highest BCUT2D eigenvalue weighted by molar-refractivity contribution is 6.71. The fraction of sp³-hybridized carbons (Fsp3) is 0.359. The number of H-pyrrole nitrogens is 1. The van der Waals surface area contributed by atoms with Crippen LogP contribution in [0, 0.1) is 5.92 Å². The van der Waals surface area contributed by atoms with Crippen LogP contribution in [0.1, 0.15) is 35.6 Å². The molecule has 0 saturated carbocycles. The summed E-state index contributed by atoms with van der Waals surface area (Å²) in [7, 11) is -3.04. The van der Waals surface area contributed by atoms with Crippen LogP contribution in [-0.4, -0.2) is 71.1 Å². The number of nitrogens with one attached hydrogen (secondary N) is 2. The molecule has 0 aliphatic carbocycles. The number of aromatic amines is 1. The lowest BCUT2D eigenvalue weighted by Crippen LogP contribution is -2.48. The second-order valence-corrected chi connectivity index (χ2v) is 18.4. The lowest BCUT2D eigenvalue weighted by atomic mass is 9.82. The number of aromatic nitrogens is 1. The van der Waals surface area contributed by atoms with Gasteiger partial charge in [-0.25, -0.2) is 0 Å². The van der Waals surface area contributed by atoms with Crippen LogP contribution in [0.2, 0.25) is 18.6 Å². The Morgan fingerprint density at radius 3 is 2.60 bits per heavy atom. The van der Waals surface area contributed by atoms with Gasteiger partial charge in [-0.15, -0.1) is 6.58 Å².